The summed E-state index contributed by atoms with van der Waals surface area (Å²) < 4.78 is 1.99. The molecule has 0 unspecified atom stereocenters. The van der Waals surface area contributed by atoms with Gasteiger partial charge in [0.2, 0.25) is 0 Å². The van der Waals surface area contributed by atoms with E-state index in [4.69, 9.17) is 0 Å². The fourth-order valence-corrected chi connectivity index (χ4v) is 1.99. The van der Waals surface area contributed by atoms with Crippen molar-refractivity contribution in [1.82, 2.24) is 19.7 Å². The van der Waals surface area contributed by atoms with E-state index in [0.29, 0.717) is 0 Å². The molecule has 0 spiro atoms. The summed E-state index contributed by atoms with van der Waals surface area (Å²) in [7, 11) is 0. The van der Waals surface area contributed by atoms with E-state index in [1.54, 1.807) is 0 Å². The minimum absolute atomic E-state index is 0.747. The number of aromatic nitrogens is 4. The number of hydrogen-bond donors (Lipinski definition) is 1. The van der Waals surface area contributed by atoms with Crippen molar-refractivity contribution in [3.63, 3.8) is 0 Å². The molecule has 5 nitrogen and oxygen atoms in total. The highest BCUT2D eigenvalue weighted by Crippen LogP contribution is 2.10. The Kier molecular flexibility index (Phi) is 4.49. The van der Waals surface area contributed by atoms with Crippen LogP contribution < -0.4 is 5.32 Å². The van der Waals surface area contributed by atoms with Crippen LogP contribution in [0, 0.1) is 0 Å². The summed E-state index contributed by atoms with van der Waals surface area (Å²) in [6, 6.07) is 4.09. The molecule has 2 rings (SSSR count). The first-order chi connectivity index (χ1) is 9.26. The van der Waals surface area contributed by atoms with Crippen molar-refractivity contribution in [2.75, 3.05) is 11.9 Å². The first kappa shape index (κ1) is 13.5. The molecule has 2 aromatic heterocycles. The van der Waals surface area contributed by atoms with E-state index in [1.807, 2.05) is 16.9 Å². The van der Waals surface area contributed by atoms with Gasteiger partial charge in [0.1, 0.15) is 11.6 Å². The van der Waals surface area contributed by atoms with Crippen LogP contribution in [0.2, 0.25) is 0 Å². The maximum absolute atomic E-state index is 4.54. The Morgan fingerprint density at radius 2 is 2.05 bits per heavy atom. The molecule has 0 saturated heterocycles. The fraction of sp³-hybridized carbons (Fsp3) is 0.500. The first-order valence-corrected chi connectivity index (χ1v) is 6.88. The third kappa shape index (κ3) is 3.30. The zero-order chi connectivity index (χ0) is 13.7. The van der Waals surface area contributed by atoms with E-state index < -0.39 is 0 Å². The third-order valence-corrected chi connectivity index (χ3v) is 2.94. The molecule has 0 atom stereocenters. The molecule has 2 aromatic rings. The smallest absolute Gasteiger partial charge is 0.150 e. The quantitative estimate of drug-likeness (QED) is 0.864. The van der Waals surface area contributed by atoms with Gasteiger partial charge in [0.25, 0.3) is 0 Å². The van der Waals surface area contributed by atoms with Gasteiger partial charge in [-0.15, -0.1) is 0 Å². The molecule has 0 saturated carbocycles. The Balaban J connectivity index is 2.20. The molecule has 5 heteroatoms. The number of nitrogens with one attached hydrogen (secondary N) is 1. The highest BCUT2D eigenvalue weighted by atomic mass is 15.3. The van der Waals surface area contributed by atoms with Crippen LogP contribution in [-0.4, -0.2) is 26.3 Å². The molecule has 0 aliphatic rings. The number of anilines is 1. The second kappa shape index (κ2) is 6.31. The van der Waals surface area contributed by atoms with E-state index in [1.165, 1.54) is 5.56 Å². The molecular formula is C14H21N5. The van der Waals surface area contributed by atoms with Crippen molar-refractivity contribution in [3.8, 4) is 0 Å². The number of aryl methyl sites for hydroxylation is 2. The number of nitrogens with zero attached hydrogens (tertiary/aromatic N) is 4. The second-order valence-corrected chi connectivity index (χ2v) is 4.39. The van der Waals surface area contributed by atoms with Gasteiger partial charge >= 0.3 is 0 Å². The van der Waals surface area contributed by atoms with Crippen molar-refractivity contribution in [2.45, 2.75) is 40.2 Å². The normalized spacial score (nSPS) is 10.7. The van der Waals surface area contributed by atoms with Crippen LogP contribution in [0.1, 0.15) is 38.0 Å². The Morgan fingerprint density at radius 1 is 1.21 bits per heavy atom. The van der Waals surface area contributed by atoms with Crippen molar-refractivity contribution < 1.29 is 0 Å². The third-order valence-electron chi connectivity index (χ3n) is 2.94. The monoisotopic (exact) mass is 259 g/mol. The minimum Gasteiger partial charge on any atom is -0.370 e. The summed E-state index contributed by atoms with van der Waals surface area (Å²) in [5.74, 6) is 2.87. The molecule has 19 heavy (non-hydrogen) atoms. The lowest BCUT2D eigenvalue weighted by atomic mass is 10.2. The molecular weight excluding hydrogens is 238 g/mol. The predicted octanol–water partition coefficient (Wildman–Crippen LogP) is 2.28. The summed E-state index contributed by atoms with van der Waals surface area (Å²) in [5, 5.41) is 7.76. The van der Waals surface area contributed by atoms with E-state index in [-0.39, 0.29) is 0 Å². The van der Waals surface area contributed by atoms with Crippen LogP contribution in [0.25, 0.3) is 0 Å². The lowest BCUT2D eigenvalue weighted by Crippen LogP contribution is -2.07. The average Bonchev–Trinajstić information content (AvgIpc) is 2.82. The van der Waals surface area contributed by atoms with Crippen LogP contribution in [0.15, 0.2) is 18.3 Å². The summed E-state index contributed by atoms with van der Waals surface area (Å²) in [5.41, 5.74) is 1.19. The first-order valence-electron chi connectivity index (χ1n) is 6.88. The summed E-state index contributed by atoms with van der Waals surface area (Å²) in [6.07, 6.45) is 3.60. The zero-order valence-corrected chi connectivity index (χ0v) is 11.8. The Hall–Kier alpha value is -1.91. The molecule has 0 aliphatic heterocycles. The lowest BCUT2D eigenvalue weighted by molar-refractivity contribution is 0.637. The molecule has 0 radical (unpaired) electrons. The molecule has 2 heterocycles. The second-order valence-electron chi connectivity index (χ2n) is 4.39. The van der Waals surface area contributed by atoms with Crippen LogP contribution in [0.4, 0.5) is 5.82 Å². The topological polar surface area (TPSA) is 55.6 Å². The van der Waals surface area contributed by atoms with E-state index in [0.717, 1.165) is 43.4 Å². The van der Waals surface area contributed by atoms with Crippen LogP contribution >= 0.6 is 0 Å². The summed E-state index contributed by atoms with van der Waals surface area (Å²) >= 11 is 0. The van der Waals surface area contributed by atoms with Gasteiger partial charge in [-0.05, 0) is 24.6 Å². The predicted molar refractivity (Wildman–Crippen MR) is 76.3 cm³/mol. The molecule has 102 valence electrons. The summed E-state index contributed by atoms with van der Waals surface area (Å²) in [6.45, 7) is 7.87. The maximum Gasteiger partial charge on any atom is 0.150 e. The Bertz CT molecular complexity index is 532. The van der Waals surface area contributed by atoms with Crippen molar-refractivity contribution >= 4 is 5.82 Å². The van der Waals surface area contributed by atoms with E-state index in [9.17, 15) is 0 Å². The van der Waals surface area contributed by atoms with Gasteiger partial charge in [-0.3, -0.25) is 0 Å². The van der Waals surface area contributed by atoms with Gasteiger partial charge in [0.05, 0.1) is 6.54 Å². The highest BCUT2D eigenvalue weighted by Gasteiger charge is 2.07. The lowest BCUT2D eigenvalue weighted by Gasteiger charge is -2.07. The van der Waals surface area contributed by atoms with Crippen molar-refractivity contribution in [1.29, 1.82) is 0 Å². The Labute approximate surface area is 114 Å². The highest BCUT2D eigenvalue weighted by molar-refractivity contribution is 5.37. The van der Waals surface area contributed by atoms with Gasteiger partial charge in [-0.2, -0.15) is 5.10 Å². The molecule has 0 bridgehead atoms. The number of hydrogen-bond acceptors (Lipinski definition) is 4. The molecule has 1 N–H and O–H groups in total. The fourth-order valence-electron chi connectivity index (χ4n) is 1.99. The van der Waals surface area contributed by atoms with Crippen LogP contribution in [0.5, 0.6) is 0 Å². The van der Waals surface area contributed by atoms with Gasteiger partial charge in [-0.25, -0.2) is 14.6 Å². The molecule has 0 fully saturated rings. The van der Waals surface area contributed by atoms with E-state index in [2.05, 4.69) is 47.2 Å². The molecule has 0 aliphatic carbocycles. The van der Waals surface area contributed by atoms with Gasteiger partial charge in [0.15, 0.2) is 5.82 Å². The molecule has 0 aromatic carbocycles. The number of pyridine rings is 1. The van der Waals surface area contributed by atoms with Crippen molar-refractivity contribution in [3.05, 3.63) is 35.5 Å². The average molecular weight is 259 g/mol. The minimum atomic E-state index is 0.747. The SMILES string of the molecule is CCNc1cc(Cn2nc(CC)nc2CC)ccn1. The van der Waals surface area contributed by atoms with Crippen LogP contribution in [-0.2, 0) is 19.4 Å². The summed E-state index contributed by atoms with van der Waals surface area (Å²) in [4.78, 5) is 8.80. The maximum atomic E-state index is 4.54. The molecule has 0 amide bonds. The number of rotatable bonds is 6. The van der Waals surface area contributed by atoms with Gasteiger partial charge in [0, 0.05) is 25.6 Å². The Morgan fingerprint density at radius 3 is 2.74 bits per heavy atom. The van der Waals surface area contributed by atoms with Crippen molar-refractivity contribution in [2.24, 2.45) is 0 Å². The standard InChI is InChI=1S/C14H21N5/c1-4-12-17-14(5-2)19(18-12)10-11-7-8-16-13(9-11)15-6-3/h7-9H,4-6,10H2,1-3H3,(H,15,16). The largest absolute Gasteiger partial charge is 0.370 e. The van der Waals surface area contributed by atoms with Crippen LogP contribution in [0.3, 0.4) is 0 Å². The zero-order valence-electron chi connectivity index (χ0n) is 11.8. The van der Waals surface area contributed by atoms with Gasteiger partial charge < -0.3 is 5.32 Å². The van der Waals surface area contributed by atoms with Gasteiger partial charge in [-0.1, -0.05) is 13.8 Å². The van der Waals surface area contributed by atoms with E-state index >= 15 is 0 Å².